The molecule has 2 aromatic carbocycles. The highest BCUT2D eigenvalue weighted by molar-refractivity contribution is 6.43. The van der Waals surface area contributed by atoms with Gasteiger partial charge in [-0.3, -0.25) is 4.79 Å². The first-order valence-corrected chi connectivity index (χ1v) is 9.17. The normalized spacial score (nSPS) is 14.4. The average molecular weight is 416 g/mol. The van der Waals surface area contributed by atoms with Gasteiger partial charge in [-0.2, -0.15) is 0 Å². The summed E-state index contributed by atoms with van der Waals surface area (Å²) in [5.41, 5.74) is 0.776. The second-order valence-electron chi connectivity index (χ2n) is 5.84. The molecule has 0 spiro atoms. The van der Waals surface area contributed by atoms with Crippen molar-refractivity contribution in [2.24, 2.45) is 0 Å². The van der Waals surface area contributed by atoms with Crippen molar-refractivity contribution in [3.05, 3.63) is 51.5 Å². The van der Waals surface area contributed by atoms with Crippen molar-refractivity contribution in [3.63, 3.8) is 0 Å². The third-order valence-electron chi connectivity index (χ3n) is 4.18. The Morgan fingerprint density at radius 3 is 2.35 bits per heavy atom. The fourth-order valence-electron chi connectivity index (χ4n) is 2.77. The van der Waals surface area contributed by atoms with Crippen molar-refractivity contribution >= 4 is 46.4 Å². The van der Waals surface area contributed by atoms with E-state index in [0.29, 0.717) is 47.0 Å². The van der Waals surface area contributed by atoms with Crippen LogP contribution in [0.1, 0.15) is 0 Å². The maximum atomic E-state index is 12.4. The number of aromatic hydroxyl groups is 1. The van der Waals surface area contributed by atoms with E-state index in [1.807, 2.05) is 12.1 Å². The Morgan fingerprint density at radius 1 is 1.00 bits per heavy atom. The van der Waals surface area contributed by atoms with Gasteiger partial charge in [0.25, 0.3) is 5.91 Å². The van der Waals surface area contributed by atoms with Gasteiger partial charge in [-0.15, -0.1) is 0 Å². The summed E-state index contributed by atoms with van der Waals surface area (Å²) in [6.07, 6.45) is 0. The molecule has 3 rings (SSSR count). The van der Waals surface area contributed by atoms with E-state index in [0.717, 1.165) is 5.69 Å². The molecule has 1 fully saturated rings. The summed E-state index contributed by atoms with van der Waals surface area (Å²) in [5.74, 6) is 0.427. The van der Waals surface area contributed by atoms with E-state index in [1.165, 1.54) is 12.1 Å². The van der Waals surface area contributed by atoms with E-state index in [9.17, 15) is 9.90 Å². The van der Waals surface area contributed by atoms with Crippen molar-refractivity contribution in [3.8, 4) is 11.5 Å². The Hall–Kier alpha value is -1.82. The van der Waals surface area contributed by atoms with Gasteiger partial charge in [-0.05, 0) is 18.2 Å². The van der Waals surface area contributed by atoms with E-state index in [1.54, 1.807) is 17.0 Å². The third-order valence-corrected chi connectivity index (χ3v) is 5.20. The first-order chi connectivity index (χ1) is 12.5. The van der Waals surface area contributed by atoms with Crippen molar-refractivity contribution in [1.82, 2.24) is 4.90 Å². The summed E-state index contributed by atoms with van der Waals surface area (Å²) in [6.45, 7) is 2.24. The quantitative estimate of drug-likeness (QED) is 0.765. The number of phenols is 1. The number of carbonyl (C=O) groups excluding carboxylic acids is 1. The fourth-order valence-corrected chi connectivity index (χ4v) is 3.37. The predicted molar refractivity (Wildman–Crippen MR) is 104 cm³/mol. The molecule has 1 N–H and O–H groups in total. The minimum atomic E-state index is -0.135. The third kappa shape index (κ3) is 4.29. The number of nitrogens with zero attached hydrogens (tertiary/aromatic N) is 2. The smallest absolute Gasteiger partial charge is 0.260 e. The lowest BCUT2D eigenvalue weighted by molar-refractivity contribution is -0.133. The molecule has 0 aliphatic carbocycles. The molecule has 26 heavy (non-hydrogen) atoms. The molecule has 0 aromatic heterocycles. The van der Waals surface area contributed by atoms with Gasteiger partial charge < -0.3 is 19.6 Å². The number of phenolic OH excluding ortho intramolecular Hbond substituents is 1. The Kier molecular flexibility index (Phi) is 6.01. The van der Waals surface area contributed by atoms with Crippen LogP contribution in [0.4, 0.5) is 5.69 Å². The Bertz CT molecular complexity index is 808. The van der Waals surface area contributed by atoms with Crippen molar-refractivity contribution in [2.45, 2.75) is 0 Å². The van der Waals surface area contributed by atoms with Gasteiger partial charge in [0.2, 0.25) is 0 Å². The van der Waals surface area contributed by atoms with Crippen LogP contribution in [0.15, 0.2) is 36.4 Å². The van der Waals surface area contributed by atoms with E-state index < -0.39 is 0 Å². The molecule has 1 aliphatic heterocycles. The molecule has 0 atom stereocenters. The van der Waals surface area contributed by atoms with Crippen LogP contribution in [0.2, 0.25) is 15.1 Å². The Morgan fingerprint density at radius 2 is 1.65 bits per heavy atom. The largest absolute Gasteiger partial charge is 0.506 e. The highest BCUT2D eigenvalue weighted by atomic mass is 35.5. The number of hydrogen-bond donors (Lipinski definition) is 1. The van der Waals surface area contributed by atoms with Crippen LogP contribution in [-0.2, 0) is 4.79 Å². The molecular weight excluding hydrogens is 399 g/mol. The molecular formula is C18H17Cl3N2O3. The number of anilines is 1. The van der Waals surface area contributed by atoms with Crippen LogP contribution in [0, 0.1) is 0 Å². The standard InChI is InChI=1S/C18H17Cl3N2O3/c19-12-9-14(21)17(10-13(12)20)26-11-18(25)23-7-5-22(6-8-23)15-3-1-2-4-16(15)24/h1-4,9-10,24H,5-8,11H2. The van der Waals surface area contributed by atoms with Crippen LogP contribution in [0.25, 0.3) is 0 Å². The molecule has 0 saturated carbocycles. The maximum absolute atomic E-state index is 12.4. The lowest BCUT2D eigenvalue weighted by Crippen LogP contribution is -2.50. The molecule has 0 bridgehead atoms. The van der Waals surface area contributed by atoms with Crippen LogP contribution in [0.5, 0.6) is 11.5 Å². The Labute approximate surface area is 166 Å². The number of halogens is 3. The predicted octanol–water partition coefficient (Wildman–Crippen LogP) is 4.08. The number of benzene rings is 2. The van der Waals surface area contributed by atoms with Gasteiger partial charge in [-0.25, -0.2) is 0 Å². The van der Waals surface area contributed by atoms with Crippen LogP contribution >= 0.6 is 34.8 Å². The second-order valence-corrected chi connectivity index (χ2v) is 7.06. The first-order valence-electron chi connectivity index (χ1n) is 8.04. The number of piperazine rings is 1. The summed E-state index contributed by atoms with van der Waals surface area (Å²) >= 11 is 17.9. The van der Waals surface area contributed by atoms with Crippen molar-refractivity contribution < 1.29 is 14.6 Å². The van der Waals surface area contributed by atoms with Gasteiger partial charge in [-0.1, -0.05) is 46.9 Å². The molecule has 0 unspecified atom stereocenters. The van der Waals surface area contributed by atoms with Crippen molar-refractivity contribution in [2.75, 3.05) is 37.7 Å². The van der Waals surface area contributed by atoms with Crippen molar-refractivity contribution in [1.29, 1.82) is 0 Å². The molecule has 1 amide bonds. The van der Waals surface area contributed by atoms with E-state index in [4.69, 9.17) is 39.5 Å². The molecule has 5 nitrogen and oxygen atoms in total. The van der Waals surface area contributed by atoms with Gasteiger partial charge in [0.15, 0.2) is 6.61 Å². The molecule has 138 valence electrons. The monoisotopic (exact) mass is 414 g/mol. The van der Waals surface area contributed by atoms with Gasteiger partial charge in [0, 0.05) is 32.2 Å². The zero-order valence-corrected chi connectivity index (χ0v) is 16.1. The summed E-state index contributed by atoms with van der Waals surface area (Å²) in [5, 5.41) is 10.9. The number of rotatable bonds is 4. The molecule has 1 aliphatic rings. The van der Waals surface area contributed by atoms with Gasteiger partial charge in [0.05, 0.1) is 20.8 Å². The van der Waals surface area contributed by atoms with Crippen LogP contribution < -0.4 is 9.64 Å². The summed E-state index contributed by atoms with van der Waals surface area (Å²) in [7, 11) is 0. The fraction of sp³-hybridized carbons (Fsp3) is 0.278. The topological polar surface area (TPSA) is 53.0 Å². The number of amides is 1. The van der Waals surface area contributed by atoms with Crippen LogP contribution in [0.3, 0.4) is 0 Å². The van der Waals surface area contributed by atoms with Crippen LogP contribution in [-0.4, -0.2) is 48.7 Å². The molecule has 1 heterocycles. The minimum absolute atomic E-state index is 0.131. The average Bonchev–Trinajstić information content (AvgIpc) is 2.64. The highest BCUT2D eigenvalue weighted by Crippen LogP contribution is 2.34. The van der Waals surface area contributed by atoms with Gasteiger partial charge in [0.1, 0.15) is 11.5 Å². The zero-order valence-electron chi connectivity index (χ0n) is 13.8. The number of hydrogen-bond acceptors (Lipinski definition) is 4. The molecule has 8 heteroatoms. The van der Waals surface area contributed by atoms with E-state index >= 15 is 0 Å². The maximum Gasteiger partial charge on any atom is 0.260 e. The molecule has 2 aromatic rings. The summed E-state index contributed by atoms with van der Waals surface area (Å²) in [4.78, 5) is 16.2. The zero-order chi connectivity index (χ0) is 18.7. The van der Waals surface area contributed by atoms with E-state index in [-0.39, 0.29) is 18.3 Å². The molecule has 0 radical (unpaired) electrons. The summed E-state index contributed by atoms with van der Waals surface area (Å²) in [6, 6.07) is 10.2. The second kappa shape index (κ2) is 8.25. The molecule has 1 saturated heterocycles. The van der Waals surface area contributed by atoms with E-state index in [2.05, 4.69) is 4.90 Å². The minimum Gasteiger partial charge on any atom is -0.506 e. The number of ether oxygens (including phenoxy) is 1. The summed E-state index contributed by atoms with van der Waals surface area (Å²) < 4.78 is 5.50. The lowest BCUT2D eigenvalue weighted by Gasteiger charge is -2.36. The first kappa shape index (κ1) is 19.0. The van der Waals surface area contributed by atoms with Gasteiger partial charge >= 0.3 is 0 Å². The lowest BCUT2D eigenvalue weighted by atomic mass is 10.2. The number of carbonyl (C=O) groups is 1. The highest BCUT2D eigenvalue weighted by Gasteiger charge is 2.23. The number of para-hydroxylation sites is 2. The SMILES string of the molecule is O=C(COc1cc(Cl)c(Cl)cc1Cl)N1CCN(c2ccccc2O)CC1. The Balaban J connectivity index is 1.54.